The van der Waals surface area contributed by atoms with E-state index in [1.807, 2.05) is 6.07 Å². The van der Waals surface area contributed by atoms with Crippen molar-refractivity contribution in [1.29, 1.82) is 0 Å². The highest BCUT2D eigenvalue weighted by molar-refractivity contribution is 7.92. The lowest BCUT2D eigenvalue weighted by molar-refractivity contribution is -0.139. The van der Waals surface area contributed by atoms with Crippen molar-refractivity contribution >= 4 is 27.6 Å². The molecular weight excluding hydrogens is 404 g/mol. The number of aliphatic carboxylic acids is 1. The van der Waals surface area contributed by atoms with Gasteiger partial charge in [-0.2, -0.15) is 0 Å². The minimum atomic E-state index is -3.81. The van der Waals surface area contributed by atoms with Crippen LogP contribution < -0.4 is 10.0 Å². The first-order valence-corrected chi connectivity index (χ1v) is 10.6. The lowest BCUT2D eigenvalue weighted by Crippen LogP contribution is -2.42. The highest BCUT2D eigenvalue weighted by Crippen LogP contribution is 2.17. The lowest BCUT2D eigenvalue weighted by atomic mass is 10.1. The molecule has 30 heavy (non-hydrogen) atoms. The Balaban J connectivity index is 1.74. The van der Waals surface area contributed by atoms with Crippen LogP contribution in [0.3, 0.4) is 0 Å². The number of nitrogens with one attached hydrogen (secondary N) is 2. The summed E-state index contributed by atoms with van der Waals surface area (Å²) in [6.45, 7) is 0. The van der Waals surface area contributed by atoms with Gasteiger partial charge in [0.15, 0.2) is 0 Å². The fourth-order valence-corrected chi connectivity index (χ4v) is 3.90. The second-order valence-electron chi connectivity index (χ2n) is 6.55. The Kier molecular flexibility index (Phi) is 6.48. The van der Waals surface area contributed by atoms with Crippen molar-refractivity contribution in [3.63, 3.8) is 0 Å². The van der Waals surface area contributed by atoms with Crippen molar-refractivity contribution in [2.45, 2.75) is 17.4 Å². The molecule has 3 aromatic carbocycles. The summed E-state index contributed by atoms with van der Waals surface area (Å²) < 4.78 is 27.3. The lowest BCUT2D eigenvalue weighted by Gasteiger charge is -2.15. The van der Waals surface area contributed by atoms with Crippen molar-refractivity contribution in [3.05, 3.63) is 96.1 Å². The smallest absolute Gasteiger partial charge is 0.326 e. The highest BCUT2D eigenvalue weighted by atomic mass is 32.2. The predicted octanol–water partition coefficient (Wildman–Crippen LogP) is 2.91. The molecule has 1 amide bonds. The van der Waals surface area contributed by atoms with E-state index in [-0.39, 0.29) is 22.6 Å². The van der Waals surface area contributed by atoms with E-state index in [0.29, 0.717) is 0 Å². The molecule has 154 valence electrons. The van der Waals surface area contributed by atoms with Crippen LogP contribution in [0, 0.1) is 0 Å². The maximum atomic E-state index is 12.6. The van der Waals surface area contributed by atoms with Crippen LogP contribution in [0.25, 0.3) is 0 Å². The summed E-state index contributed by atoms with van der Waals surface area (Å²) in [4.78, 5) is 24.3. The van der Waals surface area contributed by atoms with Crippen LogP contribution in [0.5, 0.6) is 0 Å². The number of carbonyl (C=O) groups excluding carboxylic acids is 1. The zero-order valence-electron chi connectivity index (χ0n) is 15.9. The molecule has 0 fully saturated rings. The molecule has 0 aromatic heterocycles. The maximum absolute atomic E-state index is 12.6. The summed E-state index contributed by atoms with van der Waals surface area (Å²) in [6, 6.07) is 21.5. The van der Waals surface area contributed by atoms with E-state index in [0.717, 1.165) is 5.56 Å². The summed E-state index contributed by atoms with van der Waals surface area (Å²) in [6.07, 6.45) is 0.127. The number of rotatable bonds is 8. The minimum Gasteiger partial charge on any atom is -0.480 e. The maximum Gasteiger partial charge on any atom is 0.326 e. The second kappa shape index (κ2) is 9.23. The van der Waals surface area contributed by atoms with Crippen LogP contribution in [0.15, 0.2) is 89.8 Å². The zero-order chi connectivity index (χ0) is 21.6. The largest absolute Gasteiger partial charge is 0.480 e. The number of hydrogen-bond donors (Lipinski definition) is 3. The van der Waals surface area contributed by atoms with Crippen LogP contribution in [-0.2, 0) is 21.2 Å². The van der Waals surface area contributed by atoms with Gasteiger partial charge in [0.05, 0.1) is 4.90 Å². The predicted molar refractivity (Wildman–Crippen MR) is 113 cm³/mol. The average Bonchev–Trinajstić information content (AvgIpc) is 2.74. The summed E-state index contributed by atoms with van der Waals surface area (Å²) in [7, 11) is -3.81. The van der Waals surface area contributed by atoms with E-state index < -0.39 is 27.9 Å². The molecule has 7 nitrogen and oxygen atoms in total. The summed E-state index contributed by atoms with van der Waals surface area (Å²) in [5, 5.41) is 11.9. The van der Waals surface area contributed by atoms with E-state index in [9.17, 15) is 23.1 Å². The number of carboxylic acids is 1. The molecule has 0 bridgehead atoms. The number of benzene rings is 3. The van der Waals surface area contributed by atoms with Crippen LogP contribution in [0.4, 0.5) is 5.69 Å². The number of anilines is 1. The van der Waals surface area contributed by atoms with Gasteiger partial charge in [0.25, 0.3) is 15.9 Å². The highest BCUT2D eigenvalue weighted by Gasteiger charge is 2.21. The monoisotopic (exact) mass is 424 g/mol. The quantitative estimate of drug-likeness (QED) is 0.515. The van der Waals surface area contributed by atoms with Crippen LogP contribution in [-0.4, -0.2) is 31.4 Å². The first-order chi connectivity index (χ1) is 14.3. The van der Waals surface area contributed by atoms with Gasteiger partial charge in [0, 0.05) is 17.7 Å². The molecular formula is C22H20N2O5S. The molecule has 8 heteroatoms. The molecule has 3 aromatic rings. The molecule has 0 radical (unpaired) electrons. The van der Waals surface area contributed by atoms with Gasteiger partial charge in [-0.05, 0) is 35.9 Å². The van der Waals surface area contributed by atoms with Gasteiger partial charge in [0.1, 0.15) is 6.04 Å². The standard InChI is InChI=1S/C22H20N2O5S/c25-21(23-20(22(26)27)14-16-8-3-1-4-9-16)17-10-7-11-18(15-17)24-30(28,29)19-12-5-2-6-13-19/h1-13,15,20,24H,14H2,(H,23,25)(H,26,27). The normalized spacial score (nSPS) is 12.0. The van der Waals surface area contributed by atoms with Crippen LogP contribution in [0.2, 0.25) is 0 Å². The Bertz CT molecular complexity index is 1130. The first-order valence-electron chi connectivity index (χ1n) is 9.11. The third-order valence-corrected chi connectivity index (χ3v) is 5.71. The summed E-state index contributed by atoms with van der Waals surface area (Å²) in [5.41, 5.74) is 1.11. The number of hydrogen-bond acceptors (Lipinski definition) is 4. The van der Waals surface area contributed by atoms with Gasteiger partial charge < -0.3 is 10.4 Å². The van der Waals surface area contributed by atoms with Crippen molar-refractivity contribution in [1.82, 2.24) is 5.32 Å². The Morgan fingerprint density at radius 1 is 0.867 bits per heavy atom. The third-order valence-electron chi connectivity index (χ3n) is 4.32. The van der Waals surface area contributed by atoms with Gasteiger partial charge >= 0.3 is 5.97 Å². The number of carboxylic acid groups (broad SMARTS) is 1. The Morgan fingerprint density at radius 2 is 1.50 bits per heavy atom. The average molecular weight is 424 g/mol. The van der Waals surface area contributed by atoms with Gasteiger partial charge in [-0.25, -0.2) is 13.2 Å². The molecule has 0 aliphatic rings. The van der Waals surface area contributed by atoms with Gasteiger partial charge in [-0.15, -0.1) is 0 Å². The molecule has 1 atom stereocenters. The molecule has 0 aliphatic heterocycles. The van der Waals surface area contributed by atoms with Crippen LogP contribution >= 0.6 is 0 Å². The van der Waals surface area contributed by atoms with Crippen molar-refractivity contribution in [3.8, 4) is 0 Å². The number of sulfonamides is 1. The van der Waals surface area contributed by atoms with Gasteiger partial charge in [0.2, 0.25) is 0 Å². The van der Waals surface area contributed by atoms with E-state index in [1.165, 1.54) is 36.4 Å². The van der Waals surface area contributed by atoms with Gasteiger partial charge in [-0.1, -0.05) is 54.6 Å². The van der Waals surface area contributed by atoms with E-state index >= 15 is 0 Å². The summed E-state index contributed by atoms with van der Waals surface area (Å²) in [5.74, 6) is -1.77. The van der Waals surface area contributed by atoms with Crippen molar-refractivity contribution < 1.29 is 23.1 Å². The molecule has 0 aliphatic carbocycles. The molecule has 0 saturated heterocycles. The molecule has 0 spiro atoms. The van der Waals surface area contributed by atoms with Gasteiger partial charge in [-0.3, -0.25) is 9.52 Å². The molecule has 3 N–H and O–H groups in total. The SMILES string of the molecule is O=C(NC(Cc1ccccc1)C(=O)O)c1cccc(NS(=O)(=O)c2ccccc2)c1. The third kappa shape index (κ3) is 5.45. The number of amides is 1. The molecule has 1 unspecified atom stereocenters. The molecule has 0 heterocycles. The van der Waals surface area contributed by atoms with E-state index in [4.69, 9.17) is 0 Å². The van der Waals surface area contributed by atoms with Crippen molar-refractivity contribution in [2.75, 3.05) is 4.72 Å². The first kappa shape index (κ1) is 21.1. The number of carbonyl (C=O) groups is 2. The minimum absolute atomic E-state index is 0.0913. The Labute approximate surface area is 174 Å². The second-order valence-corrected chi connectivity index (χ2v) is 8.24. The fraction of sp³-hybridized carbons (Fsp3) is 0.0909. The van der Waals surface area contributed by atoms with Crippen LogP contribution in [0.1, 0.15) is 15.9 Å². The Morgan fingerprint density at radius 3 is 2.13 bits per heavy atom. The van der Waals surface area contributed by atoms with Crippen molar-refractivity contribution in [2.24, 2.45) is 0 Å². The topological polar surface area (TPSA) is 113 Å². The zero-order valence-corrected chi connectivity index (χ0v) is 16.7. The fourth-order valence-electron chi connectivity index (χ4n) is 2.83. The van der Waals surface area contributed by atoms with E-state index in [1.54, 1.807) is 42.5 Å². The summed E-state index contributed by atoms with van der Waals surface area (Å²) >= 11 is 0. The molecule has 0 saturated carbocycles. The molecule has 3 rings (SSSR count). The Hall–Kier alpha value is -3.65. The van der Waals surface area contributed by atoms with E-state index in [2.05, 4.69) is 10.0 Å².